The summed E-state index contributed by atoms with van der Waals surface area (Å²) in [5, 5.41) is 5.59. The van der Waals surface area contributed by atoms with Crippen molar-refractivity contribution in [2.45, 2.75) is 26.8 Å². The number of aromatic nitrogens is 3. The molecule has 0 spiro atoms. The number of imidazole rings is 1. The highest BCUT2D eigenvalue weighted by Gasteiger charge is 2.25. The highest BCUT2D eigenvalue weighted by atomic mass is 19.1. The van der Waals surface area contributed by atoms with Crippen molar-refractivity contribution >= 4 is 29.0 Å². The second kappa shape index (κ2) is 11.4. The van der Waals surface area contributed by atoms with E-state index in [1.807, 2.05) is 37.3 Å². The number of fused-ring (bicyclic) bond motifs is 1. The van der Waals surface area contributed by atoms with E-state index >= 15 is 0 Å². The van der Waals surface area contributed by atoms with Crippen molar-refractivity contribution in [3.63, 3.8) is 0 Å². The van der Waals surface area contributed by atoms with Gasteiger partial charge >= 0.3 is 0 Å². The van der Waals surface area contributed by atoms with Gasteiger partial charge in [0.1, 0.15) is 12.4 Å². The van der Waals surface area contributed by atoms with Crippen LogP contribution in [0.5, 0.6) is 0 Å². The molecule has 0 aliphatic heterocycles. The van der Waals surface area contributed by atoms with Gasteiger partial charge in [0.05, 0.1) is 22.6 Å². The first-order chi connectivity index (χ1) is 19.8. The molecule has 0 atom stereocenters. The first-order valence-corrected chi connectivity index (χ1v) is 13.1. The average Bonchev–Trinajstić information content (AvgIpc) is 3.25. The average molecular weight is 550 g/mol. The molecule has 2 heterocycles. The molecule has 5 rings (SSSR count). The molecule has 8 nitrogen and oxygen atoms in total. The fourth-order valence-corrected chi connectivity index (χ4v) is 4.89. The van der Waals surface area contributed by atoms with Gasteiger partial charge in [-0.2, -0.15) is 0 Å². The largest absolute Gasteiger partial charge is 0.325 e. The highest BCUT2D eigenvalue weighted by Crippen LogP contribution is 2.33. The third kappa shape index (κ3) is 5.29. The standard InChI is InChI=1S/C32H28FN5O3/c1-4-25-29(21-11-7-6-8-12-21)31(41)38-30(24-13-9-10-14-26(24)35-27(39)5-2)20(3)37(32(38)36-25)19-28(40)34-23-17-15-22(33)16-18-23/h5-18H,2,4,19H2,1,3H3,(H,34,40)(H,35,39). The molecule has 41 heavy (non-hydrogen) atoms. The van der Waals surface area contributed by atoms with Gasteiger partial charge in [-0.1, -0.05) is 62.0 Å². The molecule has 0 unspecified atom stereocenters. The minimum atomic E-state index is -0.410. The topological polar surface area (TPSA) is 97.5 Å². The van der Waals surface area contributed by atoms with Gasteiger partial charge in [-0.25, -0.2) is 13.8 Å². The van der Waals surface area contributed by atoms with E-state index in [1.54, 1.807) is 35.8 Å². The molecular formula is C32H28FN5O3. The number of anilines is 2. The summed E-state index contributed by atoms with van der Waals surface area (Å²) in [6.45, 7) is 7.10. The van der Waals surface area contributed by atoms with E-state index in [0.29, 0.717) is 46.0 Å². The number of benzene rings is 3. The molecule has 5 aromatic rings. The minimum Gasteiger partial charge on any atom is -0.325 e. The Morgan fingerprint density at radius 1 is 0.976 bits per heavy atom. The van der Waals surface area contributed by atoms with Crippen molar-refractivity contribution in [1.82, 2.24) is 14.0 Å². The number of hydrogen-bond donors (Lipinski definition) is 2. The zero-order valence-corrected chi connectivity index (χ0v) is 22.6. The number of hydrogen-bond acceptors (Lipinski definition) is 4. The monoisotopic (exact) mass is 549 g/mol. The Morgan fingerprint density at radius 3 is 2.34 bits per heavy atom. The van der Waals surface area contributed by atoms with Gasteiger partial charge in [-0.3, -0.25) is 14.4 Å². The van der Waals surface area contributed by atoms with Crippen LogP contribution in [-0.4, -0.2) is 25.8 Å². The number of amides is 2. The number of aryl methyl sites for hydroxylation is 1. The Kier molecular flexibility index (Phi) is 7.60. The fraction of sp³-hybridized carbons (Fsp3) is 0.125. The third-order valence-electron chi connectivity index (χ3n) is 6.81. The van der Waals surface area contributed by atoms with Crippen LogP contribution in [0.2, 0.25) is 0 Å². The summed E-state index contributed by atoms with van der Waals surface area (Å²) in [7, 11) is 0. The van der Waals surface area contributed by atoms with Crippen LogP contribution >= 0.6 is 0 Å². The Bertz CT molecular complexity index is 1840. The molecular weight excluding hydrogens is 521 g/mol. The molecule has 2 amide bonds. The molecule has 0 saturated heterocycles. The van der Waals surface area contributed by atoms with Gasteiger partial charge in [0, 0.05) is 16.9 Å². The third-order valence-corrected chi connectivity index (χ3v) is 6.81. The summed E-state index contributed by atoms with van der Waals surface area (Å²) in [5.41, 5.74) is 4.08. The van der Waals surface area contributed by atoms with Crippen LogP contribution in [0.1, 0.15) is 18.3 Å². The number of nitrogens with zero attached hydrogens (tertiary/aromatic N) is 3. The van der Waals surface area contributed by atoms with Gasteiger partial charge in [-0.15, -0.1) is 0 Å². The molecule has 3 aromatic carbocycles. The smallest absolute Gasteiger partial charge is 0.267 e. The number of rotatable bonds is 8. The summed E-state index contributed by atoms with van der Waals surface area (Å²) in [6.07, 6.45) is 1.66. The van der Waals surface area contributed by atoms with Crippen LogP contribution in [0.15, 0.2) is 96.3 Å². The molecule has 9 heteroatoms. The summed E-state index contributed by atoms with van der Waals surface area (Å²) in [5.74, 6) is -0.900. The maximum absolute atomic E-state index is 14.3. The van der Waals surface area contributed by atoms with Crippen LogP contribution in [0, 0.1) is 12.7 Å². The number of halogens is 1. The molecule has 2 aromatic heterocycles. The maximum atomic E-state index is 14.3. The zero-order chi connectivity index (χ0) is 29.1. The number of carbonyl (C=O) groups is 2. The summed E-state index contributed by atoms with van der Waals surface area (Å²) in [6, 6.07) is 21.9. The van der Waals surface area contributed by atoms with E-state index in [2.05, 4.69) is 17.2 Å². The van der Waals surface area contributed by atoms with E-state index in [1.165, 1.54) is 34.7 Å². The Balaban J connectivity index is 1.75. The lowest BCUT2D eigenvalue weighted by Crippen LogP contribution is -2.23. The summed E-state index contributed by atoms with van der Waals surface area (Å²) >= 11 is 0. The number of nitrogens with one attached hydrogen (secondary N) is 2. The molecule has 0 aliphatic carbocycles. The Labute approximate surface area is 235 Å². The van der Waals surface area contributed by atoms with Crippen LogP contribution in [0.4, 0.5) is 15.8 Å². The van der Waals surface area contributed by atoms with Gasteiger partial charge < -0.3 is 15.2 Å². The van der Waals surface area contributed by atoms with Gasteiger partial charge in [0.25, 0.3) is 5.56 Å². The number of para-hydroxylation sites is 1. The Morgan fingerprint density at radius 2 is 1.66 bits per heavy atom. The lowest BCUT2D eigenvalue weighted by molar-refractivity contribution is -0.116. The second-order valence-corrected chi connectivity index (χ2v) is 9.41. The van der Waals surface area contributed by atoms with E-state index < -0.39 is 11.7 Å². The van der Waals surface area contributed by atoms with E-state index in [9.17, 15) is 18.8 Å². The van der Waals surface area contributed by atoms with Crippen LogP contribution < -0.4 is 16.2 Å². The Hall–Kier alpha value is -5.31. The first kappa shape index (κ1) is 27.3. The molecule has 206 valence electrons. The van der Waals surface area contributed by atoms with Crippen molar-refractivity contribution in [2.24, 2.45) is 0 Å². The van der Waals surface area contributed by atoms with Crippen LogP contribution in [-0.2, 0) is 22.6 Å². The van der Waals surface area contributed by atoms with Crippen molar-refractivity contribution < 1.29 is 14.0 Å². The van der Waals surface area contributed by atoms with Crippen molar-refractivity contribution in [2.75, 3.05) is 10.6 Å². The number of carbonyl (C=O) groups excluding carboxylic acids is 2. The van der Waals surface area contributed by atoms with Crippen LogP contribution in [0.3, 0.4) is 0 Å². The zero-order valence-electron chi connectivity index (χ0n) is 22.6. The normalized spacial score (nSPS) is 10.9. The van der Waals surface area contributed by atoms with Gasteiger partial charge in [0.2, 0.25) is 17.6 Å². The molecule has 2 N–H and O–H groups in total. The predicted octanol–water partition coefficient (Wildman–Crippen LogP) is 5.60. The summed E-state index contributed by atoms with van der Waals surface area (Å²) in [4.78, 5) is 44.7. The van der Waals surface area contributed by atoms with Crippen molar-refractivity contribution in [3.8, 4) is 22.4 Å². The second-order valence-electron chi connectivity index (χ2n) is 9.41. The molecule has 0 aliphatic rings. The van der Waals surface area contributed by atoms with E-state index in [0.717, 1.165) is 5.56 Å². The molecule has 0 saturated carbocycles. The van der Waals surface area contributed by atoms with E-state index in [4.69, 9.17) is 4.98 Å². The predicted molar refractivity (Wildman–Crippen MR) is 158 cm³/mol. The quantitative estimate of drug-likeness (QED) is 0.246. The van der Waals surface area contributed by atoms with Crippen molar-refractivity contribution in [3.05, 3.63) is 119 Å². The summed E-state index contributed by atoms with van der Waals surface area (Å²) < 4.78 is 16.5. The highest BCUT2D eigenvalue weighted by molar-refractivity contribution is 6.02. The van der Waals surface area contributed by atoms with Gasteiger partial charge in [-0.05, 0) is 55.3 Å². The minimum absolute atomic E-state index is 0.159. The van der Waals surface area contributed by atoms with Crippen LogP contribution in [0.25, 0.3) is 28.2 Å². The molecule has 0 fully saturated rings. The molecule has 0 radical (unpaired) electrons. The van der Waals surface area contributed by atoms with E-state index in [-0.39, 0.29) is 23.8 Å². The molecule has 0 bridgehead atoms. The lowest BCUT2D eigenvalue weighted by Gasteiger charge is -2.12. The fourth-order valence-electron chi connectivity index (χ4n) is 4.89. The first-order valence-electron chi connectivity index (χ1n) is 13.1. The SMILES string of the molecule is C=CC(=O)Nc1ccccc1-c1c(C)n(CC(=O)Nc2ccc(F)cc2)c2nc(CC)c(-c3ccccc3)c(=O)n12. The lowest BCUT2D eigenvalue weighted by atomic mass is 10.0. The van der Waals surface area contributed by atoms with Crippen molar-refractivity contribution in [1.29, 1.82) is 0 Å². The van der Waals surface area contributed by atoms with Gasteiger partial charge in [0.15, 0.2) is 0 Å². The maximum Gasteiger partial charge on any atom is 0.267 e.